The van der Waals surface area contributed by atoms with Crippen molar-refractivity contribution in [1.29, 1.82) is 0 Å². The van der Waals surface area contributed by atoms with Crippen LogP contribution in [-0.2, 0) is 41.5 Å². The summed E-state index contributed by atoms with van der Waals surface area (Å²) >= 11 is 1.51. The predicted molar refractivity (Wildman–Crippen MR) is 170 cm³/mol. The third-order valence-corrected chi connectivity index (χ3v) is 7.65. The van der Waals surface area contributed by atoms with Crippen molar-refractivity contribution >= 4 is 30.8 Å². The molecule has 4 heteroatoms. The van der Waals surface area contributed by atoms with E-state index in [4.69, 9.17) is 4.42 Å². The summed E-state index contributed by atoms with van der Waals surface area (Å²) in [5, 5.41) is 5.48. The first-order valence-electron chi connectivity index (χ1n) is 14.0. The molecule has 0 bridgehead atoms. The molecule has 4 aromatic carbocycles. The molecule has 1 aliphatic rings. The van der Waals surface area contributed by atoms with Crippen molar-refractivity contribution in [2.75, 3.05) is 0 Å². The number of rotatable bonds is 3. The molecule has 0 amide bonds. The fraction of sp³-hybridized carbons (Fsp3) is 0.263. The summed E-state index contributed by atoms with van der Waals surface area (Å²) in [5.41, 5.74) is 6.89. The molecule has 0 saturated heterocycles. The Labute approximate surface area is 279 Å². The van der Waals surface area contributed by atoms with Gasteiger partial charge < -0.3 is 29.2 Å². The van der Waals surface area contributed by atoms with Crippen LogP contribution in [0.2, 0.25) is 0 Å². The zero-order valence-electron chi connectivity index (χ0n) is 25.5. The Hall–Kier alpha value is -2.38. The summed E-state index contributed by atoms with van der Waals surface area (Å²) in [4.78, 5) is 0. The summed E-state index contributed by atoms with van der Waals surface area (Å²) in [6.07, 6.45) is 12.8. The zero-order valence-corrected chi connectivity index (χ0v) is 29.4. The first-order chi connectivity index (χ1) is 19.1. The van der Waals surface area contributed by atoms with Gasteiger partial charge in [-0.25, -0.2) is 0 Å². The molecule has 1 aromatic heterocycles. The van der Waals surface area contributed by atoms with Crippen LogP contribution in [0.4, 0.5) is 0 Å². The van der Waals surface area contributed by atoms with Crippen LogP contribution in [-0.4, -0.2) is 3.71 Å². The van der Waals surface area contributed by atoms with E-state index in [1.54, 1.807) is 12.5 Å². The molecule has 0 unspecified atom stereocenters. The Bertz CT molecular complexity index is 1540. The van der Waals surface area contributed by atoms with E-state index in [1.165, 1.54) is 62.5 Å². The van der Waals surface area contributed by atoms with E-state index in [2.05, 4.69) is 130 Å². The molecule has 6 rings (SSSR count). The normalized spacial score (nSPS) is 12.3. The predicted octanol–water partition coefficient (Wildman–Crippen LogP) is 4.32. The van der Waals surface area contributed by atoms with Gasteiger partial charge in [0.05, 0.1) is 6.26 Å². The van der Waals surface area contributed by atoms with Gasteiger partial charge in [0.15, 0.2) is 0 Å². The fourth-order valence-corrected chi connectivity index (χ4v) is 5.29. The first-order valence-corrected chi connectivity index (χ1v) is 15.4. The van der Waals surface area contributed by atoms with Gasteiger partial charge >= 0.3 is 70.3 Å². The van der Waals surface area contributed by atoms with Gasteiger partial charge in [0.25, 0.3) is 0 Å². The average Bonchev–Trinajstić information content (AvgIpc) is 3.69. The van der Waals surface area contributed by atoms with Crippen molar-refractivity contribution in [2.24, 2.45) is 0 Å². The molecule has 218 valence electrons. The van der Waals surface area contributed by atoms with Crippen LogP contribution in [0.5, 0.6) is 0 Å². The van der Waals surface area contributed by atoms with Crippen LogP contribution in [0, 0.1) is 6.08 Å². The van der Waals surface area contributed by atoms with Gasteiger partial charge in [-0.2, -0.15) is 17.7 Å². The van der Waals surface area contributed by atoms with Crippen LogP contribution in [0.15, 0.2) is 108 Å². The number of halogens is 2. The van der Waals surface area contributed by atoms with Crippen molar-refractivity contribution in [1.82, 2.24) is 0 Å². The molecule has 1 heterocycles. The van der Waals surface area contributed by atoms with E-state index < -0.39 is 0 Å². The van der Waals surface area contributed by atoms with Crippen LogP contribution in [0.25, 0.3) is 27.1 Å². The Morgan fingerprint density at radius 2 is 1.38 bits per heavy atom. The van der Waals surface area contributed by atoms with Crippen molar-refractivity contribution < 1.29 is 53.5 Å². The summed E-state index contributed by atoms with van der Waals surface area (Å²) < 4.78 is 7.18. The Balaban J connectivity index is 0.000000245. The quantitative estimate of drug-likeness (QED) is 0.260. The number of fused-ring (bicyclic) bond motifs is 3. The van der Waals surface area contributed by atoms with Gasteiger partial charge in [-0.3, -0.25) is 0 Å². The van der Waals surface area contributed by atoms with E-state index in [0.29, 0.717) is 0 Å². The monoisotopic (exact) mass is 672 g/mol. The molecule has 1 aliphatic carbocycles. The number of furan rings is 1. The van der Waals surface area contributed by atoms with Gasteiger partial charge in [-0.05, 0) is 10.8 Å². The van der Waals surface area contributed by atoms with Crippen LogP contribution in [0.3, 0.4) is 0 Å². The average molecular weight is 675 g/mol. The summed E-state index contributed by atoms with van der Waals surface area (Å²) in [7, 11) is 0. The van der Waals surface area contributed by atoms with E-state index in [9.17, 15) is 0 Å². The number of hydrogen-bond donors (Lipinski definition) is 0. The molecular formula is C38H40Cl2OZr-2. The standard InChI is InChI=1S/C21H25.C9H7O.C8H8.2ClH.Zr/c1-20(2,3)16-7-9-18-14(12-16)11-15-13-17(21(4,5)6)8-10-19(15)18;1-2-4-8(3-1)9-5-6-10-7-9;1-2-8-6-4-3-5-7-8;;;/h7-13H,1-6H3;1,3,5-7H,2H2;1,3-7H,2H2;2*1H;/q2*-1;;;;+2/p-2. The second-order valence-corrected chi connectivity index (χ2v) is 13.4. The molecule has 0 N–H and O–H groups in total. The van der Waals surface area contributed by atoms with Crippen molar-refractivity contribution in [2.45, 2.75) is 65.2 Å². The molecule has 0 atom stereocenters. The first kappa shape index (κ1) is 35.8. The molecule has 0 saturated carbocycles. The molecule has 0 fully saturated rings. The van der Waals surface area contributed by atoms with Crippen molar-refractivity contribution in [3.05, 3.63) is 132 Å². The van der Waals surface area contributed by atoms with Gasteiger partial charge in [-0.1, -0.05) is 95.0 Å². The third kappa shape index (κ3) is 9.57. The maximum atomic E-state index is 4.93. The summed E-state index contributed by atoms with van der Waals surface area (Å²) in [6, 6.07) is 28.6. The second kappa shape index (κ2) is 15.9. The van der Waals surface area contributed by atoms with Gasteiger partial charge in [0.2, 0.25) is 0 Å². The topological polar surface area (TPSA) is 13.1 Å². The Morgan fingerprint density at radius 3 is 1.81 bits per heavy atom. The summed E-state index contributed by atoms with van der Waals surface area (Å²) in [6.45, 7) is 13.6. The number of benzene rings is 3. The third-order valence-electron chi connectivity index (χ3n) is 7.14. The van der Waals surface area contributed by atoms with E-state index >= 15 is 0 Å². The number of hydrogen-bond acceptors (Lipinski definition) is 1. The fourth-order valence-electron chi connectivity index (χ4n) is 4.71. The van der Waals surface area contributed by atoms with Crippen LogP contribution in [0.1, 0.15) is 70.2 Å². The van der Waals surface area contributed by atoms with Gasteiger partial charge in [-0.15, -0.1) is 45.8 Å². The van der Waals surface area contributed by atoms with Gasteiger partial charge in [0.1, 0.15) is 0 Å². The van der Waals surface area contributed by atoms with E-state index in [-0.39, 0.29) is 35.6 Å². The minimum atomic E-state index is 0. The minimum absolute atomic E-state index is 0. The molecule has 42 heavy (non-hydrogen) atoms. The maximum absolute atomic E-state index is 4.93. The molecule has 5 aromatic rings. The molecular weight excluding hydrogens is 635 g/mol. The van der Waals surface area contributed by atoms with Gasteiger partial charge in [0, 0.05) is 6.26 Å². The molecule has 0 radical (unpaired) electrons. The Kier molecular flexibility index (Phi) is 13.6. The van der Waals surface area contributed by atoms with Crippen LogP contribution < -0.4 is 24.8 Å². The molecule has 0 spiro atoms. The van der Waals surface area contributed by atoms with E-state index in [0.717, 1.165) is 24.0 Å². The molecule has 0 aliphatic heterocycles. The SMILES string of the molecule is CC(C)(C)c1ccc2c(c1)[cH-]c1cc(C(C)(C)C)ccc12.[C-]1=C(c2ccoc2)C=CC1.[Cl-].[Cl-].[Zr+2]=[CH]Cc1ccccc1. The van der Waals surface area contributed by atoms with Crippen molar-refractivity contribution in [3.63, 3.8) is 0 Å². The van der Waals surface area contributed by atoms with E-state index in [1.807, 2.05) is 12.1 Å². The van der Waals surface area contributed by atoms with Crippen molar-refractivity contribution in [3.8, 4) is 0 Å². The number of allylic oxidation sites excluding steroid dienone is 4. The zero-order chi connectivity index (χ0) is 28.8. The summed E-state index contributed by atoms with van der Waals surface area (Å²) in [5.74, 6) is 0. The Morgan fingerprint density at radius 1 is 0.810 bits per heavy atom. The second-order valence-electron chi connectivity index (χ2n) is 12.4. The molecule has 1 nitrogen and oxygen atoms in total. The van der Waals surface area contributed by atoms with Crippen LogP contribution >= 0.6 is 0 Å².